The van der Waals surface area contributed by atoms with Gasteiger partial charge in [0.25, 0.3) is 0 Å². The molecule has 0 spiro atoms. The Morgan fingerprint density at radius 3 is 2.41 bits per heavy atom. The maximum Gasteiger partial charge on any atom is 0.341 e. The van der Waals surface area contributed by atoms with Gasteiger partial charge in [-0.1, -0.05) is 6.07 Å². The quantitative estimate of drug-likeness (QED) is 0.680. The van der Waals surface area contributed by atoms with Crippen LogP contribution >= 0.6 is 0 Å². The van der Waals surface area contributed by atoms with E-state index in [2.05, 4.69) is 0 Å². The van der Waals surface area contributed by atoms with Crippen molar-refractivity contribution < 1.29 is 27.8 Å². The minimum Gasteiger partial charge on any atom is -0.477 e. The number of fused-ring (bicyclic) bond motifs is 1. The molecule has 0 atom stereocenters. The molecule has 29 heavy (non-hydrogen) atoms. The number of carbonyl (C=O) groups is 1. The van der Waals surface area contributed by atoms with Gasteiger partial charge in [-0.15, -0.1) is 0 Å². The van der Waals surface area contributed by atoms with Crippen LogP contribution in [0.1, 0.15) is 10.4 Å². The molecule has 1 aromatic heterocycles. The van der Waals surface area contributed by atoms with E-state index in [-0.39, 0.29) is 0 Å². The second-order valence-electron chi connectivity index (χ2n) is 6.55. The van der Waals surface area contributed by atoms with Crippen LogP contribution in [0.2, 0.25) is 0 Å². The Hall–Kier alpha value is -3.33. The summed E-state index contributed by atoms with van der Waals surface area (Å²) in [7, 11) is 0. The third-order valence-electron chi connectivity index (χ3n) is 4.84. The molecule has 1 aliphatic rings. The average Bonchev–Trinajstić information content (AvgIpc) is 2.73. The predicted molar refractivity (Wildman–Crippen MR) is 99.4 cm³/mol. The molecule has 0 unspecified atom stereocenters. The van der Waals surface area contributed by atoms with Gasteiger partial charge in [0.15, 0.2) is 17.5 Å². The monoisotopic (exact) mass is 404 g/mol. The smallest absolute Gasteiger partial charge is 0.341 e. The summed E-state index contributed by atoms with van der Waals surface area (Å²) in [6.45, 7) is 2.33. The Morgan fingerprint density at radius 1 is 1.03 bits per heavy atom. The summed E-state index contributed by atoms with van der Waals surface area (Å²) >= 11 is 0. The van der Waals surface area contributed by atoms with E-state index in [4.69, 9.17) is 4.74 Å². The molecule has 0 radical (unpaired) electrons. The first-order chi connectivity index (χ1) is 13.9. The molecule has 1 N–H and O–H groups in total. The normalized spacial score (nSPS) is 14.4. The lowest BCUT2D eigenvalue weighted by Crippen LogP contribution is -2.36. The lowest BCUT2D eigenvalue weighted by atomic mass is 10.1. The highest BCUT2D eigenvalue weighted by atomic mass is 19.2. The van der Waals surface area contributed by atoms with E-state index in [1.54, 1.807) is 18.2 Å². The molecule has 4 rings (SSSR count). The molecule has 0 saturated carbocycles. The Balaban J connectivity index is 2.00. The molecule has 1 aliphatic heterocycles. The van der Waals surface area contributed by atoms with Crippen LogP contribution in [0.25, 0.3) is 16.6 Å². The van der Waals surface area contributed by atoms with Crippen molar-refractivity contribution in [3.8, 4) is 5.69 Å². The number of anilines is 1. The SMILES string of the molecule is O=C(O)c1cn(-c2cccc(N3CCOCC3)c2)c2c(F)c(F)c(F)cc2c1=O. The van der Waals surface area contributed by atoms with Crippen molar-refractivity contribution in [1.82, 2.24) is 4.57 Å². The summed E-state index contributed by atoms with van der Waals surface area (Å²) in [5, 5.41) is 8.79. The standard InChI is InChI=1S/C20H15F3N2O4/c21-15-9-13-18(17(23)16(15)22)25(10-14(19(13)26)20(27)28)12-3-1-2-11(8-12)24-4-6-29-7-5-24/h1-3,8-10H,4-7H2,(H,27,28). The Morgan fingerprint density at radius 2 is 1.72 bits per heavy atom. The van der Waals surface area contributed by atoms with Crippen LogP contribution in [-0.2, 0) is 4.74 Å². The number of aromatic nitrogens is 1. The maximum atomic E-state index is 14.6. The van der Waals surface area contributed by atoms with E-state index in [9.17, 15) is 27.9 Å². The average molecular weight is 404 g/mol. The third-order valence-corrected chi connectivity index (χ3v) is 4.84. The van der Waals surface area contributed by atoms with Crippen molar-refractivity contribution in [3.63, 3.8) is 0 Å². The number of halogens is 3. The first kappa shape index (κ1) is 19.0. The van der Waals surface area contributed by atoms with E-state index >= 15 is 0 Å². The third kappa shape index (κ3) is 3.23. The second-order valence-corrected chi connectivity index (χ2v) is 6.55. The van der Waals surface area contributed by atoms with E-state index in [0.29, 0.717) is 38.1 Å². The van der Waals surface area contributed by atoms with Crippen molar-refractivity contribution in [1.29, 1.82) is 0 Å². The zero-order valence-electron chi connectivity index (χ0n) is 15.0. The number of hydrogen-bond donors (Lipinski definition) is 1. The van der Waals surface area contributed by atoms with Gasteiger partial charge in [-0.2, -0.15) is 0 Å². The fourth-order valence-corrected chi connectivity index (χ4v) is 3.41. The van der Waals surface area contributed by atoms with Crippen LogP contribution in [0.4, 0.5) is 18.9 Å². The number of ether oxygens (including phenoxy) is 1. The van der Waals surface area contributed by atoms with Gasteiger partial charge in [0, 0.05) is 30.7 Å². The first-order valence-corrected chi connectivity index (χ1v) is 8.78. The number of nitrogens with zero attached hydrogens (tertiary/aromatic N) is 2. The number of benzene rings is 2. The van der Waals surface area contributed by atoms with Crippen molar-refractivity contribution in [2.24, 2.45) is 0 Å². The van der Waals surface area contributed by atoms with Gasteiger partial charge in [0.1, 0.15) is 5.56 Å². The number of pyridine rings is 1. The van der Waals surface area contributed by atoms with E-state index in [1.165, 1.54) is 0 Å². The molecule has 1 saturated heterocycles. The number of rotatable bonds is 3. The summed E-state index contributed by atoms with van der Waals surface area (Å²) < 4.78 is 48.6. The summed E-state index contributed by atoms with van der Waals surface area (Å²) in [5.74, 6) is -6.42. The minimum absolute atomic E-state index is 0.298. The second kappa shape index (κ2) is 7.25. The van der Waals surface area contributed by atoms with Crippen LogP contribution in [0.3, 0.4) is 0 Å². The summed E-state index contributed by atoms with van der Waals surface area (Å²) in [4.78, 5) is 25.9. The van der Waals surface area contributed by atoms with Gasteiger partial charge in [0.2, 0.25) is 5.43 Å². The molecule has 2 aromatic carbocycles. The highest BCUT2D eigenvalue weighted by Gasteiger charge is 2.23. The van der Waals surface area contributed by atoms with Gasteiger partial charge < -0.3 is 19.3 Å². The first-order valence-electron chi connectivity index (χ1n) is 8.78. The Labute approximate surface area is 162 Å². The lowest BCUT2D eigenvalue weighted by Gasteiger charge is -2.29. The van der Waals surface area contributed by atoms with E-state index in [1.807, 2.05) is 11.0 Å². The Kier molecular flexibility index (Phi) is 4.75. The van der Waals surface area contributed by atoms with E-state index < -0.39 is 45.3 Å². The zero-order valence-corrected chi connectivity index (χ0v) is 15.0. The van der Waals surface area contributed by atoms with Crippen LogP contribution in [0, 0.1) is 17.5 Å². The molecule has 2 heterocycles. The molecule has 0 bridgehead atoms. The molecule has 9 heteroatoms. The minimum atomic E-state index is -1.74. The van der Waals surface area contributed by atoms with Crippen LogP contribution in [-0.4, -0.2) is 41.9 Å². The predicted octanol–water partition coefficient (Wildman–Crippen LogP) is 2.94. The number of hydrogen-bond acceptors (Lipinski definition) is 4. The summed E-state index contributed by atoms with van der Waals surface area (Å²) in [6.07, 6.45) is 0.922. The number of carboxylic acids is 1. The molecule has 3 aromatic rings. The largest absolute Gasteiger partial charge is 0.477 e. The number of carboxylic acid groups (broad SMARTS) is 1. The molecule has 1 fully saturated rings. The summed E-state index contributed by atoms with van der Waals surface area (Å²) in [5.41, 5.74) is -1.24. The number of aromatic carboxylic acids is 1. The van der Waals surface area contributed by atoms with Crippen molar-refractivity contribution >= 4 is 22.6 Å². The molecular weight excluding hydrogens is 389 g/mol. The molecular formula is C20H15F3N2O4. The van der Waals surface area contributed by atoms with Crippen LogP contribution in [0.5, 0.6) is 0 Å². The lowest BCUT2D eigenvalue weighted by molar-refractivity contribution is 0.0695. The maximum absolute atomic E-state index is 14.6. The van der Waals surface area contributed by atoms with Crippen molar-refractivity contribution in [3.05, 3.63) is 69.8 Å². The molecule has 150 valence electrons. The van der Waals surface area contributed by atoms with Crippen molar-refractivity contribution in [2.45, 2.75) is 0 Å². The highest BCUT2D eigenvalue weighted by molar-refractivity contribution is 5.93. The van der Waals surface area contributed by atoms with Crippen LogP contribution < -0.4 is 10.3 Å². The van der Waals surface area contributed by atoms with Gasteiger partial charge >= 0.3 is 5.97 Å². The topological polar surface area (TPSA) is 71.8 Å². The molecule has 6 nitrogen and oxygen atoms in total. The highest BCUT2D eigenvalue weighted by Crippen LogP contribution is 2.27. The molecule has 0 aliphatic carbocycles. The fourth-order valence-electron chi connectivity index (χ4n) is 3.41. The Bertz CT molecular complexity index is 1190. The van der Waals surface area contributed by atoms with Crippen LogP contribution in [0.15, 0.2) is 41.3 Å². The summed E-state index contributed by atoms with van der Waals surface area (Å²) in [6, 6.07) is 7.21. The number of morpholine rings is 1. The van der Waals surface area contributed by atoms with Gasteiger partial charge in [0.05, 0.1) is 24.1 Å². The van der Waals surface area contributed by atoms with Crippen molar-refractivity contribution in [2.75, 3.05) is 31.2 Å². The van der Waals surface area contributed by atoms with Gasteiger partial charge in [-0.25, -0.2) is 18.0 Å². The van der Waals surface area contributed by atoms with E-state index in [0.717, 1.165) is 16.5 Å². The fraction of sp³-hybridized carbons (Fsp3) is 0.200. The molecule has 0 amide bonds. The zero-order chi connectivity index (χ0) is 20.7. The van der Waals surface area contributed by atoms with Gasteiger partial charge in [-0.05, 0) is 24.3 Å². The van der Waals surface area contributed by atoms with Gasteiger partial charge in [-0.3, -0.25) is 4.79 Å².